The highest BCUT2D eigenvalue weighted by Gasteiger charge is 2.57. The first kappa shape index (κ1) is 52.8. The van der Waals surface area contributed by atoms with Gasteiger partial charge in [0.1, 0.15) is 53.6 Å². The number of carbonyl (C=O) groups excluding carboxylic acids is 3. The predicted octanol–water partition coefficient (Wildman–Crippen LogP) is 0.430. The number of hydrogen-bond donors (Lipinski definition) is 6. The Morgan fingerprint density at radius 1 is 0.758 bits per heavy atom. The van der Waals surface area contributed by atoms with Crippen molar-refractivity contribution in [1.29, 1.82) is 0 Å². The Kier molecular flexibility index (Phi) is 17.7. The van der Waals surface area contributed by atoms with E-state index in [4.69, 9.17) is 42.6 Å². The fourth-order valence-corrected chi connectivity index (χ4v) is 9.74. The van der Waals surface area contributed by atoms with Crippen LogP contribution in [0.2, 0.25) is 0 Å². The van der Waals surface area contributed by atoms with Crippen LogP contribution in [0.25, 0.3) is 0 Å². The van der Waals surface area contributed by atoms with Crippen LogP contribution in [0.3, 0.4) is 0 Å². The van der Waals surface area contributed by atoms with Gasteiger partial charge in [-0.05, 0) is 74.9 Å². The van der Waals surface area contributed by atoms with Gasteiger partial charge in [0, 0.05) is 44.4 Å². The van der Waals surface area contributed by atoms with Crippen molar-refractivity contribution in [1.82, 2.24) is 4.90 Å². The molecule has 0 amide bonds. The fourth-order valence-electron chi connectivity index (χ4n) is 9.74. The van der Waals surface area contributed by atoms with Gasteiger partial charge < -0.3 is 78.2 Å². The second-order valence-corrected chi connectivity index (χ2v) is 18.8. The van der Waals surface area contributed by atoms with Crippen molar-refractivity contribution in [3.8, 4) is 0 Å². The van der Waals surface area contributed by atoms with Crippen LogP contribution in [0, 0.1) is 23.7 Å². The first-order valence-electron chi connectivity index (χ1n) is 21.8. The zero-order valence-electron chi connectivity index (χ0n) is 38.8. The van der Waals surface area contributed by atoms with E-state index in [-0.39, 0.29) is 37.2 Å². The van der Waals surface area contributed by atoms with Crippen LogP contribution in [0.1, 0.15) is 94.9 Å². The van der Waals surface area contributed by atoms with Crippen molar-refractivity contribution in [2.45, 2.75) is 204 Å². The highest BCUT2D eigenvalue weighted by atomic mass is 16.8. The Morgan fingerprint density at radius 2 is 1.39 bits per heavy atom. The van der Waals surface area contributed by atoms with Crippen LogP contribution in [-0.4, -0.2) is 190 Å². The molecule has 6 N–H and O–H groups in total. The summed E-state index contributed by atoms with van der Waals surface area (Å²) in [6, 6.07) is -0.351. The number of likely N-dealkylation sites (N-methyl/N-ethyl adjacent to an activating group) is 1. The number of esters is 1. The summed E-state index contributed by atoms with van der Waals surface area (Å²) in [4.78, 5) is 44.4. The zero-order chi connectivity index (χ0) is 47.0. The molecule has 0 aromatic heterocycles. The summed E-state index contributed by atoms with van der Waals surface area (Å²) in [6.45, 7) is 16.3. The number of nitrogens with zero attached hydrogens (tertiary/aromatic N) is 1. The number of aliphatic hydroxyl groups excluding tert-OH is 6. The van der Waals surface area contributed by atoms with Crippen LogP contribution in [-0.2, 0) is 57.0 Å². The Balaban J connectivity index is 1.89. The highest BCUT2D eigenvalue weighted by Crippen LogP contribution is 2.42. The third-order valence-corrected chi connectivity index (χ3v) is 13.9. The number of rotatable bonds is 10. The molecule has 22 unspecified atom stereocenters. The summed E-state index contributed by atoms with van der Waals surface area (Å²) in [5.74, 6) is -5.73. The lowest BCUT2D eigenvalue weighted by molar-refractivity contribution is -0.373. The molecule has 0 saturated carbocycles. The lowest BCUT2D eigenvalue weighted by Gasteiger charge is -2.50. The maximum Gasteiger partial charge on any atom is 0.311 e. The van der Waals surface area contributed by atoms with Crippen molar-refractivity contribution < 1.29 is 87.7 Å². The van der Waals surface area contributed by atoms with Crippen molar-refractivity contribution >= 4 is 17.5 Å². The van der Waals surface area contributed by atoms with Gasteiger partial charge in [-0.2, -0.15) is 0 Å². The van der Waals surface area contributed by atoms with Gasteiger partial charge in [-0.3, -0.25) is 14.4 Å². The minimum Gasteiger partial charge on any atom is -0.459 e. The Labute approximate surface area is 365 Å². The van der Waals surface area contributed by atoms with E-state index in [1.54, 1.807) is 48.5 Å². The second-order valence-electron chi connectivity index (χ2n) is 18.8. The molecule has 4 fully saturated rings. The largest absolute Gasteiger partial charge is 0.459 e. The third-order valence-electron chi connectivity index (χ3n) is 13.9. The van der Waals surface area contributed by atoms with Crippen molar-refractivity contribution in [3.63, 3.8) is 0 Å². The predicted molar refractivity (Wildman–Crippen MR) is 218 cm³/mol. The van der Waals surface area contributed by atoms with Crippen LogP contribution in [0.5, 0.6) is 0 Å². The molecule has 22 atom stereocenters. The molecule has 19 heteroatoms. The summed E-state index contributed by atoms with van der Waals surface area (Å²) in [5, 5.41) is 65.9. The van der Waals surface area contributed by atoms with Gasteiger partial charge in [0.15, 0.2) is 30.9 Å². The number of ketones is 2. The molecule has 0 radical (unpaired) electrons. The van der Waals surface area contributed by atoms with Crippen LogP contribution >= 0.6 is 0 Å². The van der Waals surface area contributed by atoms with Crippen LogP contribution < -0.4 is 0 Å². The first-order chi connectivity index (χ1) is 28.7. The smallest absolute Gasteiger partial charge is 0.311 e. The molecule has 4 aliphatic heterocycles. The Hall–Kier alpha value is -1.79. The Bertz CT molecular complexity index is 1520. The second kappa shape index (κ2) is 20.8. The van der Waals surface area contributed by atoms with E-state index >= 15 is 0 Å². The average Bonchev–Trinajstić information content (AvgIpc) is 3.22. The van der Waals surface area contributed by atoms with Gasteiger partial charge in [-0.25, -0.2) is 0 Å². The minimum atomic E-state index is -2.06. The summed E-state index contributed by atoms with van der Waals surface area (Å²) in [7, 11) is 6.55. The number of hydrogen-bond acceptors (Lipinski definition) is 19. The lowest BCUT2D eigenvalue weighted by Crippen LogP contribution is -2.65. The molecule has 360 valence electrons. The maximum atomic E-state index is 14.7. The molecule has 0 aromatic rings. The molecule has 0 spiro atoms. The number of carbonyl (C=O) groups is 3. The minimum absolute atomic E-state index is 0.0157. The molecular formula is C43H75NO18. The molecule has 0 aliphatic carbocycles. The summed E-state index contributed by atoms with van der Waals surface area (Å²) < 4.78 is 55.7. The maximum absolute atomic E-state index is 14.7. The standard InChI is InChI=1S/C43H75NO18/c1-15-26-43(10,62-40-32(49)30(47)31(48)38(53)61-40)34(50)21(4)28(45)19(2)17-42(9,55-14)36(60-39-29(46)25(44(11)12)16-20(3)56-39)22(5)33(23(6)37(52)58-26)59-27-18-41(8,54-13)35(51)24(7)57-27/h19-27,29-34,36,38-40,46-50,53H,15-18H2,1-14H3. The van der Waals surface area contributed by atoms with Gasteiger partial charge in [0.25, 0.3) is 0 Å². The van der Waals surface area contributed by atoms with E-state index in [2.05, 4.69) is 0 Å². The molecule has 4 rings (SSSR count). The highest BCUT2D eigenvalue weighted by molar-refractivity contribution is 5.91. The van der Waals surface area contributed by atoms with Crippen molar-refractivity contribution in [2.75, 3.05) is 28.3 Å². The Morgan fingerprint density at radius 3 is 1.95 bits per heavy atom. The van der Waals surface area contributed by atoms with E-state index in [0.717, 1.165) is 0 Å². The SMILES string of the molecule is CCC1OC(=O)C(C)C(OC2CC(C)(OC)C(=O)C(C)O2)C(C)C(OC2OC(C)CC(N(C)C)C2O)C(C)(OC)CC(C)C(=O)C(C)C(O)C1(C)OC1OC(O)C(O)C(O)C1O. The monoisotopic (exact) mass is 893 g/mol. The van der Waals surface area contributed by atoms with Crippen molar-refractivity contribution in [2.24, 2.45) is 23.7 Å². The molecule has 4 heterocycles. The van der Waals surface area contributed by atoms with Gasteiger partial charge in [-0.1, -0.05) is 27.7 Å². The molecule has 0 aromatic carbocycles. The van der Waals surface area contributed by atoms with Gasteiger partial charge >= 0.3 is 5.97 Å². The molecule has 62 heavy (non-hydrogen) atoms. The van der Waals surface area contributed by atoms with E-state index in [1.807, 2.05) is 25.9 Å². The van der Waals surface area contributed by atoms with Crippen LogP contribution in [0.4, 0.5) is 0 Å². The van der Waals surface area contributed by atoms with Crippen LogP contribution in [0.15, 0.2) is 0 Å². The van der Waals surface area contributed by atoms with Crippen molar-refractivity contribution in [3.05, 3.63) is 0 Å². The number of methoxy groups -OCH3 is 2. The van der Waals surface area contributed by atoms with E-state index < -0.39 is 132 Å². The zero-order valence-corrected chi connectivity index (χ0v) is 38.8. The number of cyclic esters (lactones) is 1. The van der Waals surface area contributed by atoms with Gasteiger partial charge in [-0.15, -0.1) is 0 Å². The topological polar surface area (TPSA) is 259 Å². The van der Waals surface area contributed by atoms with Gasteiger partial charge in [0.2, 0.25) is 0 Å². The number of aliphatic hydroxyl groups is 6. The molecule has 19 nitrogen and oxygen atoms in total. The van der Waals surface area contributed by atoms with Gasteiger partial charge in [0.05, 0.1) is 35.9 Å². The molecule has 0 bridgehead atoms. The lowest BCUT2D eigenvalue weighted by atomic mass is 9.73. The third kappa shape index (κ3) is 10.7. The van der Waals surface area contributed by atoms with E-state index in [9.17, 15) is 45.0 Å². The summed E-state index contributed by atoms with van der Waals surface area (Å²) >= 11 is 0. The summed E-state index contributed by atoms with van der Waals surface area (Å²) in [6.07, 6.45) is -19.3. The quantitative estimate of drug-likeness (QED) is 0.163. The first-order valence-corrected chi connectivity index (χ1v) is 21.8. The number of Topliss-reactive ketones (excluding diaryl/α,β-unsaturated/α-hetero) is 2. The van der Waals surface area contributed by atoms with E-state index in [1.165, 1.54) is 28.1 Å². The molecule has 4 saturated heterocycles. The average molecular weight is 894 g/mol. The molecular weight excluding hydrogens is 818 g/mol. The fraction of sp³-hybridized carbons (Fsp3) is 0.930. The molecule has 4 aliphatic rings. The normalized spacial score (nSPS) is 49.4. The summed E-state index contributed by atoms with van der Waals surface area (Å²) in [5.41, 5.74) is -4.75. The van der Waals surface area contributed by atoms with E-state index in [0.29, 0.717) is 6.42 Å². The number of ether oxygens (including phenoxy) is 9.